The summed E-state index contributed by atoms with van der Waals surface area (Å²) in [5.41, 5.74) is 1.28. The maximum Gasteiger partial charge on any atom is 0.222 e. The summed E-state index contributed by atoms with van der Waals surface area (Å²) < 4.78 is 16.6. The number of carbonyl (C=O) groups excluding carboxylic acids is 1. The quantitative estimate of drug-likeness (QED) is 0.792. The molecular formula is C21H30N2O4. The Balaban J connectivity index is 1.19. The molecule has 27 heavy (non-hydrogen) atoms. The van der Waals surface area contributed by atoms with E-state index in [-0.39, 0.29) is 0 Å². The minimum atomic E-state index is 0.303. The van der Waals surface area contributed by atoms with E-state index in [4.69, 9.17) is 14.2 Å². The van der Waals surface area contributed by atoms with Crippen LogP contribution < -0.4 is 9.47 Å². The average Bonchev–Trinajstić information content (AvgIpc) is 2.73. The van der Waals surface area contributed by atoms with Crippen LogP contribution in [0.2, 0.25) is 0 Å². The minimum absolute atomic E-state index is 0.303. The molecule has 0 aromatic heterocycles. The highest BCUT2D eigenvalue weighted by Crippen LogP contribution is 2.31. The van der Waals surface area contributed by atoms with E-state index in [0.29, 0.717) is 44.7 Å². The summed E-state index contributed by atoms with van der Waals surface area (Å²) in [7, 11) is 0. The molecule has 148 valence electrons. The lowest BCUT2D eigenvalue weighted by atomic mass is 9.91. The van der Waals surface area contributed by atoms with Gasteiger partial charge in [-0.2, -0.15) is 0 Å². The second-order valence-corrected chi connectivity index (χ2v) is 7.73. The molecule has 1 aromatic carbocycles. The molecule has 2 fully saturated rings. The second kappa shape index (κ2) is 8.93. The Morgan fingerprint density at radius 1 is 0.963 bits per heavy atom. The summed E-state index contributed by atoms with van der Waals surface area (Å²) in [5.74, 6) is 2.70. The number of amides is 1. The van der Waals surface area contributed by atoms with E-state index < -0.39 is 0 Å². The number of rotatable bonds is 5. The number of carbonyl (C=O) groups is 1. The predicted molar refractivity (Wildman–Crippen MR) is 102 cm³/mol. The van der Waals surface area contributed by atoms with E-state index in [2.05, 4.69) is 17.0 Å². The predicted octanol–water partition coefficient (Wildman–Crippen LogP) is 2.31. The van der Waals surface area contributed by atoms with Crippen molar-refractivity contribution in [1.29, 1.82) is 0 Å². The molecule has 0 N–H and O–H groups in total. The zero-order chi connectivity index (χ0) is 18.5. The molecule has 0 radical (unpaired) electrons. The van der Waals surface area contributed by atoms with Crippen LogP contribution in [-0.2, 0) is 16.1 Å². The van der Waals surface area contributed by atoms with Crippen molar-refractivity contribution >= 4 is 5.91 Å². The van der Waals surface area contributed by atoms with Gasteiger partial charge in [0.05, 0.1) is 13.2 Å². The number of benzene rings is 1. The van der Waals surface area contributed by atoms with Gasteiger partial charge >= 0.3 is 0 Å². The topological polar surface area (TPSA) is 51.2 Å². The summed E-state index contributed by atoms with van der Waals surface area (Å²) in [6.07, 6.45) is 4.07. The second-order valence-electron chi connectivity index (χ2n) is 7.73. The largest absolute Gasteiger partial charge is 0.486 e. The van der Waals surface area contributed by atoms with Crippen LogP contribution in [0.4, 0.5) is 0 Å². The fraction of sp³-hybridized carbons (Fsp3) is 0.667. The van der Waals surface area contributed by atoms with Crippen LogP contribution in [0.25, 0.3) is 0 Å². The fourth-order valence-corrected chi connectivity index (χ4v) is 4.18. The van der Waals surface area contributed by atoms with Crippen molar-refractivity contribution in [3.8, 4) is 11.5 Å². The molecule has 3 heterocycles. The lowest BCUT2D eigenvalue weighted by molar-refractivity contribution is -0.135. The van der Waals surface area contributed by atoms with Crippen LogP contribution in [-0.4, -0.2) is 68.3 Å². The van der Waals surface area contributed by atoms with E-state index in [9.17, 15) is 4.79 Å². The summed E-state index contributed by atoms with van der Waals surface area (Å²) in [6, 6.07) is 6.27. The highest BCUT2D eigenvalue weighted by Gasteiger charge is 2.23. The van der Waals surface area contributed by atoms with Crippen LogP contribution in [0.1, 0.15) is 31.2 Å². The Kier molecular flexibility index (Phi) is 6.14. The van der Waals surface area contributed by atoms with Crippen molar-refractivity contribution in [2.75, 3.05) is 52.6 Å². The zero-order valence-corrected chi connectivity index (χ0v) is 16.0. The molecule has 6 heteroatoms. The maximum atomic E-state index is 12.3. The molecule has 1 aromatic rings. The molecule has 0 unspecified atom stereocenters. The van der Waals surface area contributed by atoms with Crippen LogP contribution in [0.3, 0.4) is 0 Å². The van der Waals surface area contributed by atoms with Gasteiger partial charge in [0, 0.05) is 26.1 Å². The van der Waals surface area contributed by atoms with Crippen LogP contribution in [0.5, 0.6) is 11.5 Å². The van der Waals surface area contributed by atoms with Gasteiger partial charge in [0.1, 0.15) is 13.2 Å². The molecule has 0 saturated carbocycles. The van der Waals surface area contributed by atoms with Gasteiger partial charge in [-0.05, 0) is 56.0 Å². The molecule has 4 rings (SSSR count). The summed E-state index contributed by atoms with van der Waals surface area (Å²) in [4.78, 5) is 16.8. The third-order valence-corrected chi connectivity index (χ3v) is 5.85. The van der Waals surface area contributed by atoms with Gasteiger partial charge < -0.3 is 19.1 Å². The van der Waals surface area contributed by atoms with Crippen molar-refractivity contribution in [3.05, 3.63) is 23.8 Å². The van der Waals surface area contributed by atoms with E-state index >= 15 is 0 Å². The number of piperidine rings is 1. The zero-order valence-electron chi connectivity index (χ0n) is 16.0. The van der Waals surface area contributed by atoms with Crippen molar-refractivity contribution in [2.24, 2.45) is 5.92 Å². The average molecular weight is 374 g/mol. The van der Waals surface area contributed by atoms with Crippen molar-refractivity contribution in [3.63, 3.8) is 0 Å². The lowest BCUT2D eigenvalue weighted by Crippen LogP contribution is -2.41. The third-order valence-electron chi connectivity index (χ3n) is 5.85. The Morgan fingerprint density at radius 2 is 1.70 bits per heavy atom. The number of morpholine rings is 1. The number of nitrogens with zero attached hydrogens (tertiary/aromatic N) is 2. The Hall–Kier alpha value is -1.79. The molecular weight excluding hydrogens is 344 g/mol. The number of hydrogen-bond donors (Lipinski definition) is 0. The van der Waals surface area contributed by atoms with Crippen molar-refractivity contribution in [2.45, 2.75) is 32.2 Å². The van der Waals surface area contributed by atoms with Gasteiger partial charge in [-0.1, -0.05) is 6.07 Å². The van der Waals surface area contributed by atoms with Crippen molar-refractivity contribution < 1.29 is 19.0 Å². The molecule has 3 aliphatic heterocycles. The first-order chi connectivity index (χ1) is 13.3. The van der Waals surface area contributed by atoms with E-state index in [1.807, 2.05) is 11.0 Å². The lowest BCUT2D eigenvalue weighted by Gasteiger charge is -2.33. The van der Waals surface area contributed by atoms with Crippen LogP contribution in [0.15, 0.2) is 18.2 Å². The summed E-state index contributed by atoms with van der Waals surface area (Å²) >= 11 is 0. The number of fused-ring (bicyclic) bond motifs is 1. The number of ether oxygens (including phenoxy) is 3. The first-order valence-corrected chi connectivity index (χ1v) is 10.2. The Morgan fingerprint density at radius 3 is 2.48 bits per heavy atom. The van der Waals surface area contributed by atoms with Gasteiger partial charge in [0.2, 0.25) is 5.91 Å². The molecule has 2 saturated heterocycles. The molecule has 0 bridgehead atoms. The van der Waals surface area contributed by atoms with Gasteiger partial charge in [-0.25, -0.2) is 0 Å². The standard InChI is InChI=1S/C21H30N2O4/c24-21(23-9-11-25-12-10-23)4-2-17-5-7-22(8-6-17)16-18-1-3-19-20(15-18)27-14-13-26-19/h1,3,15,17H,2,4-14,16H2. The van der Waals surface area contributed by atoms with Crippen molar-refractivity contribution in [1.82, 2.24) is 9.80 Å². The SMILES string of the molecule is O=C(CCC1CCN(Cc2ccc3c(c2)OCCO3)CC1)N1CCOCC1. The van der Waals surface area contributed by atoms with Gasteiger partial charge in [0.15, 0.2) is 11.5 Å². The number of hydrogen-bond acceptors (Lipinski definition) is 5. The minimum Gasteiger partial charge on any atom is -0.486 e. The third kappa shape index (κ3) is 4.93. The molecule has 6 nitrogen and oxygen atoms in total. The first kappa shape index (κ1) is 18.6. The van der Waals surface area contributed by atoms with Gasteiger partial charge in [0.25, 0.3) is 0 Å². The maximum absolute atomic E-state index is 12.3. The van der Waals surface area contributed by atoms with Crippen LogP contribution in [0, 0.1) is 5.92 Å². The van der Waals surface area contributed by atoms with E-state index in [1.54, 1.807) is 0 Å². The van der Waals surface area contributed by atoms with E-state index in [1.165, 1.54) is 18.4 Å². The molecule has 0 spiro atoms. The fourth-order valence-electron chi connectivity index (χ4n) is 4.18. The summed E-state index contributed by atoms with van der Waals surface area (Å²) in [5, 5.41) is 0. The molecule has 3 aliphatic rings. The first-order valence-electron chi connectivity index (χ1n) is 10.2. The number of likely N-dealkylation sites (tertiary alicyclic amines) is 1. The van der Waals surface area contributed by atoms with Gasteiger partial charge in [-0.15, -0.1) is 0 Å². The van der Waals surface area contributed by atoms with Gasteiger partial charge in [-0.3, -0.25) is 9.69 Å². The Bertz CT molecular complexity index is 637. The highest BCUT2D eigenvalue weighted by molar-refractivity contribution is 5.76. The highest BCUT2D eigenvalue weighted by atomic mass is 16.6. The molecule has 0 atom stereocenters. The summed E-state index contributed by atoms with van der Waals surface area (Å²) in [6.45, 7) is 7.30. The normalized spacial score (nSPS) is 21.3. The monoisotopic (exact) mass is 374 g/mol. The smallest absolute Gasteiger partial charge is 0.222 e. The molecule has 1 amide bonds. The molecule has 0 aliphatic carbocycles. The Labute approximate surface area is 161 Å². The van der Waals surface area contributed by atoms with E-state index in [0.717, 1.165) is 50.6 Å². The van der Waals surface area contributed by atoms with Crippen LogP contribution >= 0.6 is 0 Å².